The first-order valence-corrected chi connectivity index (χ1v) is 7.30. The van der Waals surface area contributed by atoms with Gasteiger partial charge in [-0.25, -0.2) is 15.0 Å². The number of fused-ring (bicyclic) bond motifs is 1. The van der Waals surface area contributed by atoms with Crippen molar-refractivity contribution in [2.75, 3.05) is 5.32 Å². The maximum Gasteiger partial charge on any atom is 0.225 e. The van der Waals surface area contributed by atoms with Gasteiger partial charge in [0.2, 0.25) is 5.91 Å². The summed E-state index contributed by atoms with van der Waals surface area (Å²) in [4.78, 5) is 27.2. The van der Waals surface area contributed by atoms with Gasteiger partial charge in [0.05, 0.1) is 15.6 Å². The molecule has 6 nitrogen and oxygen atoms in total. The average molecular weight is 336 g/mol. The zero-order valence-electron chi connectivity index (χ0n) is 11.5. The number of hydrogen-bond acceptors (Lipinski definition) is 4. The van der Waals surface area contributed by atoms with Crippen LogP contribution >= 0.6 is 23.2 Å². The fourth-order valence-electron chi connectivity index (χ4n) is 1.99. The van der Waals surface area contributed by atoms with Crippen LogP contribution in [0.5, 0.6) is 0 Å². The molecule has 22 heavy (non-hydrogen) atoms. The minimum absolute atomic E-state index is 0.146. The van der Waals surface area contributed by atoms with E-state index in [2.05, 4.69) is 25.3 Å². The van der Waals surface area contributed by atoms with Crippen molar-refractivity contribution >= 4 is 46.1 Å². The molecule has 1 aromatic carbocycles. The van der Waals surface area contributed by atoms with Gasteiger partial charge in [-0.1, -0.05) is 36.2 Å². The van der Waals surface area contributed by atoms with Gasteiger partial charge in [-0.05, 0) is 12.1 Å². The lowest BCUT2D eigenvalue weighted by atomic mass is 10.2. The molecule has 3 aromatic rings. The van der Waals surface area contributed by atoms with Crippen LogP contribution in [0.1, 0.15) is 13.3 Å². The highest BCUT2D eigenvalue weighted by Crippen LogP contribution is 2.34. The van der Waals surface area contributed by atoms with Crippen LogP contribution in [0.4, 0.5) is 5.82 Å². The van der Waals surface area contributed by atoms with E-state index >= 15 is 0 Å². The Labute approximate surface area is 135 Å². The Kier molecular flexibility index (Phi) is 3.96. The van der Waals surface area contributed by atoms with Crippen molar-refractivity contribution in [2.24, 2.45) is 0 Å². The summed E-state index contributed by atoms with van der Waals surface area (Å²) < 4.78 is 0. The van der Waals surface area contributed by atoms with Gasteiger partial charge in [-0.3, -0.25) is 4.79 Å². The zero-order chi connectivity index (χ0) is 15.7. The van der Waals surface area contributed by atoms with Gasteiger partial charge in [0.1, 0.15) is 17.7 Å². The molecule has 112 valence electrons. The summed E-state index contributed by atoms with van der Waals surface area (Å²) in [5.41, 5.74) is 1.53. The van der Waals surface area contributed by atoms with Crippen molar-refractivity contribution in [3.05, 3.63) is 34.6 Å². The van der Waals surface area contributed by atoms with E-state index in [0.29, 0.717) is 44.8 Å². The number of rotatable bonds is 3. The van der Waals surface area contributed by atoms with E-state index in [1.165, 1.54) is 6.33 Å². The van der Waals surface area contributed by atoms with Crippen molar-refractivity contribution in [1.29, 1.82) is 0 Å². The second-order valence-corrected chi connectivity index (χ2v) is 5.32. The lowest BCUT2D eigenvalue weighted by Crippen LogP contribution is -2.11. The maximum atomic E-state index is 11.6. The van der Waals surface area contributed by atoms with E-state index in [-0.39, 0.29) is 5.91 Å². The largest absolute Gasteiger partial charge is 0.333 e. The average Bonchev–Trinajstić information content (AvgIpc) is 2.91. The van der Waals surface area contributed by atoms with Gasteiger partial charge < -0.3 is 10.3 Å². The van der Waals surface area contributed by atoms with Gasteiger partial charge in [0.15, 0.2) is 11.5 Å². The van der Waals surface area contributed by atoms with Crippen LogP contribution in [0.15, 0.2) is 24.5 Å². The van der Waals surface area contributed by atoms with Gasteiger partial charge >= 0.3 is 0 Å². The molecule has 2 heterocycles. The number of amides is 1. The number of benzene rings is 1. The molecular weight excluding hydrogens is 325 g/mol. The predicted molar refractivity (Wildman–Crippen MR) is 86.1 cm³/mol. The predicted octanol–water partition coefficient (Wildman–Crippen LogP) is 3.68. The first-order valence-electron chi connectivity index (χ1n) is 6.55. The maximum absolute atomic E-state index is 11.6. The molecule has 0 spiro atoms. The van der Waals surface area contributed by atoms with Crippen LogP contribution < -0.4 is 5.32 Å². The summed E-state index contributed by atoms with van der Waals surface area (Å²) in [6.07, 6.45) is 1.69. The second-order valence-electron chi connectivity index (χ2n) is 4.50. The van der Waals surface area contributed by atoms with E-state index < -0.39 is 0 Å². The molecule has 0 atom stereocenters. The molecule has 0 aliphatic rings. The third-order valence-electron chi connectivity index (χ3n) is 3.07. The molecular formula is C14H11Cl2N5O. The Bertz CT molecular complexity index is 841. The Morgan fingerprint density at radius 1 is 1.27 bits per heavy atom. The van der Waals surface area contributed by atoms with E-state index in [1.54, 1.807) is 25.1 Å². The van der Waals surface area contributed by atoms with E-state index in [4.69, 9.17) is 23.2 Å². The molecule has 3 rings (SSSR count). The molecule has 0 fully saturated rings. The molecule has 0 aliphatic heterocycles. The van der Waals surface area contributed by atoms with Gasteiger partial charge in [0.25, 0.3) is 0 Å². The number of halogens is 2. The number of carbonyl (C=O) groups excluding carboxylic acids is 1. The smallest absolute Gasteiger partial charge is 0.225 e. The molecule has 8 heteroatoms. The van der Waals surface area contributed by atoms with Crippen molar-refractivity contribution < 1.29 is 4.79 Å². The Morgan fingerprint density at radius 2 is 2.00 bits per heavy atom. The quantitative estimate of drug-likeness (QED) is 0.764. The number of imidazole rings is 1. The summed E-state index contributed by atoms with van der Waals surface area (Å²) >= 11 is 12.4. The van der Waals surface area contributed by atoms with Gasteiger partial charge in [0, 0.05) is 6.42 Å². The number of nitrogens with one attached hydrogen (secondary N) is 2. The number of H-pyrrole nitrogens is 1. The highest BCUT2D eigenvalue weighted by Gasteiger charge is 2.16. The molecule has 0 saturated heterocycles. The van der Waals surface area contributed by atoms with Gasteiger partial charge in [-0.15, -0.1) is 0 Å². The summed E-state index contributed by atoms with van der Waals surface area (Å²) in [6, 6.07) is 5.20. The summed E-state index contributed by atoms with van der Waals surface area (Å²) in [5, 5.41) is 3.64. The summed E-state index contributed by atoms with van der Waals surface area (Å²) in [5.74, 6) is 0.698. The Balaban J connectivity index is 2.14. The molecule has 0 saturated carbocycles. The van der Waals surface area contributed by atoms with Crippen LogP contribution in [-0.4, -0.2) is 25.8 Å². The highest BCUT2D eigenvalue weighted by molar-refractivity contribution is 6.39. The molecule has 2 N–H and O–H groups in total. The fourth-order valence-corrected chi connectivity index (χ4v) is 2.56. The molecule has 1 amide bonds. The molecule has 0 unspecified atom stereocenters. The van der Waals surface area contributed by atoms with Crippen LogP contribution in [0.3, 0.4) is 0 Å². The highest BCUT2D eigenvalue weighted by atomic mass is 35.5. The van der Waals surface area contributed by atoms with E-state index in [1.807, 2.05) is 0 Å². The summed E-state index contributed by atoms with van der Waals surface area (Å²) in [6.45, 7) is 1.76. The minimum Gasteiger partial charge on any atom is -0.333 e. The molecule has 0 radical (unpaired) electrons. The topological polar surface area (TPSA) is 83.6 Å². The third kappa shape index (κ3) is 2.63. The molecule has 0 aliphatic carbocycles. The second kappa shape index (κ2) is 5.90. The number of nitrogens with zero attached hydrogens (tertiary/aromatic N) is 3. The van der Waals surface area contributed by atoms with Gasteiger partial charge in [-0.2, -0.15) is 0 Å². The summed E-state index contributed by atoms with van der Waals surface area (Å²) in [7, 11) is 0. The lowest BCUT2D eigenvalue weighted by molar-refractivity contribution is -0.115. The minimum atomic E-state index is -0.146. The van der Waals surface area contributed by atoms with Crippen LogP contribution in [-0.2, 0) is 4.79 Å². The van der Waals surface area contributed by atoms with Crippen molar-refractivity contribution in [3.63, 3.8) is 0 Å². The Hall–Kier alpha value is -2.18. The van der Waals surface area contributed by atoms with Crippen molar-refractivity contribution in [2.45, 2.75) is 13.3 Å². The number of carbonyl (C=O) groups is 1. The number of hydrogen-bond donors (Lipinski definition) is 2. The molecule has 2 aromatic heterocycles. The van der Waals surface area contributed by atoms with Crippen LogP contribution in [0.25, 0.3) is 22.6 Å². The first kappa shape index (κ1) is 14.7. The molecule has 0 bridgehead atoms. The SMILES string of the molecule is CCC(=O)Nc1ncnc2nc(-c3c(Cl)cccc3Cl)[nH]c12. The van der Waals surface area contributed by atoms with Crippen LogP contribution in [0.2, 0.25) is 10.0 Å². The van der Waals surface area contributed by atoms with Crippen LogP contribution in [0, 0.1) is 0 Å². The zero-order valence-corrected chi connectivity index (χ0v) is 13.0. The fraction of sp³-hybridized carbons (Fsp3) is 0.143. The Morgan fingerprint density at radius 3 is 2.68 bits per heavy atom. The van der Waals surface area contributed by atoms with E-state index in [9.17, 15) is 4.79 Å². The number of anilines is 1. The number of aromatic nitrogens is 4. The third-order valence-corrected chi connectivity index (χ3v) is 3.70. The normalized spacial score (nSPS) is 10.9. The van der Waals surface area contributed by atoms with Crippen molar-refractivity contribution in [3.8, 4) is 11.4 Å². The monoisotopic (exact) mass is 335 g/mol. The number of aromatic amines is 1. The first-order chi connectivity index (χ1) is 10.6. The van der Waals surface area contributed by atoms with Crippen molar-refractivity contribution in [1.82, 2.24) is 19.9 Å². The van der Waals surface area contributed by atoms with E-state index in [0.717, 1.165) is 0 Å². The lowest BCUT2D eigenvalue weighted by Gasteiger charge is -2.03. The standard InChI is InChI=1S/C14H11Cl2N5O/c1-2-9(22)19-13-11-14(18-6-17-13)21-12(20-11)10-7(15)4-3-5-8(10)16/h3-6H,2H2,1H3,(H2,17,18,19,20,21,22).